The van der Waals surface area contributed by atoms with E-state index in [0.717, 1.165) is 35.9 Å². The predicted octanol–water partition coefficient (Wildman–Crippen LogP) is 3.95. The highest BCUT2D eigenvalue weighted by molar-refractivity contribution is 7.99. The van der Waals surface area contributed by atoms with Crippen molar-refractivity contribution in [3.05, 3.63) is 39.7 Å². The van der Waals surface area contributed by atoms with Crippen LogP contribution in [0.15, 0.2) is 23.4 Å². The first-order chi connectivity index (χ1) is 12.9. The minimum Gasteiger partial charge on any atom is -0.496 e. The number of thioether (sulfide) groups is 1. The fourth-order valence-corrected chi connectivity index (χ4v) is 3.44. The molecule has 2 rings (SSSR count). The fraction of sp³-hybridized carbons (Fsp3) is 0.444. The molecule has 0 spiro atoms. The number of anilines is 1. The maximum atomic E-state index is 12.3. The first-order valence-corrected chi connectivity index (χ1v) is 9.64. The lowest BCUT2D eigenvalue weighted by Crippen LogP contribution is -2.16. The number of nitrogens with one attached hydrogen (secondary N) is 1. The number of unbranched alkanes of at least 4 members (excludes halogenated alkanes) is 1. The van der Waals surface area contributed by atoms with Gasteiger partial charge in [-0.1, -0.05) is 25.1 Å². The summed E-state index contributed by atoms with van der Waals surface area (Å²) in [4.78, 5) is 27.5. The molecule has 0 aliphatic heterocycles. The molecule has 0 fully saturated rings. The van der Waals surface area contributed by atoms with Gasteiger partial charge in [-0.2, -0.15) is 0 Å². The number of hydrogen-bond donors (Lipinski definition) is 1. The number of nitro benzene ring substituents is 1. The quantitative estimate of drug-likeness (QED) is 0.394. The molecular formula is C18H24N4O4S. The van der Waals surface area contributed by atoms with Crippen molar-refractivity contribution in [1.82, 2.24) is 9.55 Å². The summed E-state index contributed by atoms with van der Waals surface area (Å²) in [6, 6.07) is 4.32. The van der Waals surface area contributed by atoms with Gasteiger partial charge in [0.25, 0.3) is 5.69 Å². The number of methoxy groups -OCH3 is 1. The molecule has 1 aromatic carbocycles. The van der Waals surface area contributed by atoms with Crippen molar-refractivity contribution in [2.75, 3.05) is 18.2 Å². The van der Waals surface area contributed by atoms with Gasteiger partial charge in [0.1, 0.15) is 11.4 Å². The monoisotopic (exact) mass is 392 g/mol. The Bertz CT molecular complexity index is 835. The van der Waals surface area contributed by atoms with Crippen LogP contribution in [0.25, 0.3) is 0 Å². The summed E-state index contributed by atoms with van der Waals surface area (Å²) >= 11 is 1.33. The van der Waals surface area contributed by atoms with E-state index in [2.05, 4.69) is 21.8 Å². The highest BCUT2D eigenvalue weighted by atomic mass is 32.2. The Kier molecular flexibility index (Phi) is 7.23. The molecule has 0 atom stereocenters. The molecule has 0 aliphatic carbocycles. The SMILES string of the molecule is CCCCn1c(SCC(=O)Nc2ccc(OC)cc2[N+](=O)[O-])nc(C)c1C. The van der Waals surface area contributed by atoms with E-state index in [1.807, 2.05) is 13.8 Å². The van der Waals surface area contributed by atoms with E-state index in [1.54, 1.807) is 6.07 Å². The Labute approximate surface area is 162 Å². The molecule has 1 N–H and O–H groups in total. The molecule has 1 heterocycles. The molecular weight excluding hydrogens is 368 g/mol. The first kappa shape index (κ1) is 20.8. The van der Waals surface area contributed by atoms with Gasteiger partial charge >= 0.3 is 0 Å². The highest BCUT2D eigenvalue weighted by Gasteiger charge is 2.18. The lowest BCUT2D eigenvalue weighted by molar-refractivity contribution is -0.384. The predicted molar refractivity (Wildman–Crippen MR) is 106 cm³/mol. The van der Waals surface area contributed by atoms with Crippen LogP contribution in [0, 0.1) is 24.0 Å². The minimum atomic E-state index is -0.546. The average molecular weight is 392 g/mol. The van der Waals surface area contributed by atoms with Crippen LogP contribution in [0.2, 0.25) is 0 Å². The molecule has 0 saturated carbocycles. The molecule has 0 bridgehead atoms. The summed E-state index contributed by atoms with van der Waals surface area (Å²) in [5.74, 6) is 0.150. The maximum Gasteiger partial charge on any atom is 0.296 e. The van der Waals surface area contributed by atoms with Gasteiger partial charge in [-0.15, -0.1) is 0 Å². The molecule has 0 saturated heterocycles. The third kappa shape index (κ3) is 5.22. The van der Waals surface area contributed by atoms with Gasteiger partial charge in [0.15, 0.2) is 5.16 Å². The zero-order valence-corrected chi connectivity index (χ0v) is 16.8. The van der Waals surface area contributed by atoms with Crippen LogP contribution in [0.3, 0.4) is 0 Å². The summed E-state index contributed by atoms with van der Waals surface area (Å²) in [6.07, 6.45) is 2.11. The third-order valence-corrected chi connectivity index (χ3v) is 5.14. The minimum absolute atomic E-state index is 0.116. The second-order valence-corrected chi connectivity index (χ2v) is 6.99. The fourth-order valence-electron chi connectivity index (χ4n) is 2.52. The van der Waals surface area contributed by atoms with Crippen molar-refractivity contribution in [2.45, 2.75) is 45.3 Å². The Morgan fingerprint density at radius 1 is 1.41 bits per heavy atom. The Balaban J connectivity index is 2.07. The summed E-state index contributed by atoms with van der Waals surface area (Å²) in [5.41, 5.74) is 1.98. The number of carbonyl (C=O) groups is 1. The summed E-state index contributed by atoms with van der Waals surface area (Å²) in [7, 11) is 1.43. The number of aryl methyl sites for hydroxylation is 1. The number of nitrogens with zero attached hydrogens (tertiary/aromatic N) is 3. The molecule has 8 nitrogen and oxygen atoms in total. The summed E-state index contributed by atoms with van der Waals surface area (Å²) < 4.78 is 7.11. The normalized spacial score (nSPS) is 10.7. The lowest BCUT2D eigenvalue weighted by Gasteiger charge is -2.10. The number of aromatic nitrogens is 2. The van der Waals surface area contributed by atoms with Crippen LogP contribution in [-0.4, -0.2) is 33.2 Å². The number of carbonyl (C=O) groups excluding carboxylic acids is 1. The van der Waals surface area contributed by atoms with Crippen LogP contribution in [0.1, 0.15) is 31.2 Å². The zero-order chi connectivity index (χ0) is 20.0. The summed E-state index contributed by atoms with van der Waals surface area (Å²) in [5, 5.41) is 14.6. The molecule has 27 heavy (non-hydrogen) atoms. The van der Waals surface area contributed by atoms with E-state index >= 15 is 0 Å². The molecule has 1 aromatic heterocycles. The van der Waals surface area contributed by atoms with Crippen LogP contribution in [-0.2, 0) is 11.3 Å². The molecule has 2 aromatic rings. The van der Waals surface area contributed by atoms with Crippen LogP contribution in [0.4, 0.5) is 11.4 Å². The van der Waals surface area contributed by atoms with E-state index in [9.17, 15) is 14.9 Å². The van der Waals surface area contributed by atoms with Crippen LogP contribution < -0.4 is 10.1 Å². The number of nitro groups is 1. The van der Waals surface area contributed by atoms with Gasteiger partial charge in [0.05, 0.1) is 29.5 Å². The van der Waals surface area contributed by atoms with Crippen molar-refractivity contribution in [3.8, 4) is 5.75 Å². The van der Waals surface area contributed by atoms with Gasteiger partial charge < -0.3 is 14.6 Å². The Morgan fingerprint density at radius 3 is 2.78 bits per heavy atom. The number of rotatable bonds is 9. The number of benzene rings is 1. The second-order valence-electron chi connectivity index (χ2n) is 6.05. The van der Waals surface area contributed by atoms with E-state index in [0.29, 0.717) is 5.75 Å². The van der Waals surface area contributed by atoms with Gasteiger partial charge in [-0.25, -0.2) is 4.98 Å². The van der Waals surface area contributed by atoms with Crippen molar-refractivity contribution in [2.24, 2.45) is 0 Å². The van der Waals surface area contributed by atoms with Crippen molar-refractivity contribution >= 4 is 29.0 Å². The maximum absolute atomic E-state index is 12.3. The third-order valence-electron chi connectivity index (χ3n) is 4.17. The highest BCUT2D eigenvalue weighted by Crippen LogP contribution is 2.29. The van der Waals surface area contributed by atoms with Gasteiger partial charge in [0, 0.05) is 12.2 Å². The lowest BCUT2D eigenvalue weighted by atomic mass is 10.2. The number of hydrogen-bond acceptors (Lipinski definition) is 6. The zero-order valence-electron chi connectivity index (χ0n) is 15.9. The standard InChI is InChI=1S/C18H24N4O4S/c1-5-6-9-21-13(3)12(2)19-18(21)27-11-17(23)20-15-8-7-14(26-4)10-16(15)22(24)25/h7-8,10H,5-6,9,11H2,1-4H3,(H,20,23). The average Bonchev–Trinajstić information content (AvgIpc) is 2.92. The molecule has 1 amide bonds. The molecule has 0 aliphatic rings. The van der Waals surface area contributed by atoms with Gasteiger partial charge in [0.2, 0.25) is 5.91 Å². The van der Waals surface area contributed by atoms with E-state index < -0.39 is 4.92 Å². The van der Waals surface area contributed by atoms with Crippen LogP contribution in [0.5, 0.6) is 5.75 Å². The van der Waals surface area contributed by atoms with E-state index in [4.69, 9.17) is 4.74 Å². The Hall–Kier alpha value is -2.55. The molecule has 9 heteroatoms. The largest absolute Gasteiger partial charge is 0.496 e. The molecule has 0 radical (unpaired) electrons. The van der Waals surface area contributed by atoms with Gasteiger partial charge in [-0.3, -0.25) is 14.9 Å². The second kappa shape index (κ2) is 9.40. The van der Waals surface area contributed by atoms with Gasteiger partial charge in [-0.05, 0) is 32.4 Å². The van der Waals surface area contributed by atoms with Crippen LogP contribution >= 0.6 is 11.8 Å². The van der Waals surface area contributed by atoms with Crippen molar-refractivity contribution in [3.63, 3.8) is 0 Å². The Morgan fingerprint density at radius 2 is 2.15 bits per heavy atom. The first-order valence-electron chi connectivity index (χ1n) is 8.66. The van der Waals surface area contributed by atoms with Crippen molar-refractivity contribution in [1.29, 1.82) is 0 Å². The van der Waals surface area contributed by atoms with Crippen molar-refractivity contribution < 1.29 is 14.5 Å². The number of ether oxygens (including phenoxy) is 1. The van der Waals surface area contributed by atoms with E-state index in [-0.39, 0.29) is 23.0 Å². The summed E-state index contributed by atoms with van der Waals surface area (Å²) in [6.45, 7) is 6.95. The number of amides is 1. The molecule has 0 unspecified atom stereocenters. The number of imidazole rings is 1. The topological polar surface area (TPSA) is 99.3 Å². The molecule has 146 valence electrons. The smallest absolute Gasteiger partial charge is 0.296 e. The van der Waals surface area contributed by atoms with E-state index in [1.165, 1.54) is 31.0 Å².